The number of rotatable bonds is 8. The molecule has 0 fully saturated rings. The zero-order valence-corrected chi connectivity index (χ0v) is 24.8. The van der Waals surface area contributed by atoms with Crippen LogP contribution in [0.5, 0.6) is 5.75 Å². The van der Waals surface area contributed by atoms with E-state index in [2.05, 4.69) is 19.2 Å². The van der Waals surface area contributed by atoms with E-state index >= 15 is 4.39 Å². The van der Waals surface area contributed by atoms with Crippen molar-refractivity contribution in [3.05, 3.63) is 88.9 Å². The summed E-state index contributed by atoms with van der Waals surface area (Å²) in [6, 6.07) is 16.1. The fraction of sp³-hybridized carbons (Fsp3) is 0.290. The number of anilines is 1. The van der Waals surface area contributed by atoms with Crippen LogP contribution in [0.4, 0.5) is 14.9 Å². The summed E-state index contributed by atoms with van der Waals surface area (Å²) in [6.07, 6.45) is 0.373. The highest BCUT2D eigenvalue weighted by molar-refractivity contribution is 7.89. The first-order valence-electron chi connectivity index (χ1n) is 13.7. The smallest absolute Gasteiger partial charge is 0.316 e. The normalized spacial score (nSPS) is 13.7. The Hall–Kier alpha value is -4.22. The fourth-order valence-electron chi connectivity index (χ4n) is 5.17. The molecule has 5 rings (SSSR count). The summed E-state index contributed by atoms with van der Waals surface area (Å²) in [5, 5.41) is 7.24. The number of nitrogens with zero attached hydrogens (tertiary/aromatic N) is 3. The van der Waals surface area contributed by atoms with Crippen molar-refractivity contribution in [3.8, 4) is 22.7 Å². The van der Waals surface area contributed by atoms with Crippen LogP contribution >= 0.6 is 0 Å². The van der Waals surface area contributed by atoms with Gasteiger partial charge < -0.3 is 15.8 Å². The van der Waals surface area contributed by atoms with E-state index in [1.807, 2.05) is 25.1 Å². The highest BCUT2D eigenvalue weighted by Crippen LogP contribution is 2.39. The van der Waals surface area contributed by atoms with Gasteiger partial charge in [0.2, 0.25) is 10.0 Å². The third-order valence-corrected chi connectivity index (χ3v) is 9.20. The number of aryl methyl sites for hydroxylation is 2. The van der Waals surface area contributed by atoms with Gasteiger partial charge in [-0.1, -0.05) is 50.2 Å². The molecule has 0 aliphatic carbocycles. The Morgan fingerprint density at radius 1 is 1.10 bits per heavy atom. The van der Waals surface area contributed by atoms with Gasteiger partial charge in [-0.25, -0.2) is 22.3 Å². The summed E-state index contributed by atoms with van der Waals surface area (Å²) < 4.78 is 52.1. The predicted molar refractivity (Wildman–Crippen MR) is 160 cm³/mol. The zero-order chi connectivity index (χ0) is 30.2. The molecule has 42 heavy (non-hydrogen) atoms. The van der Waals surface area contributed by atoms with E-state index < -0.39 is 21.9 Å². The molecule has 0 saturated carbocycles. The number of benzene rings is 3. The second-order valence-corrected chi connectivity index (χ2v) is 12.8. The predicted octanol–water partition coefficient (Wildman–Crippen LogP) is 5.57. The van der Waals surface area contributed by atoms with E-state index in [9.17, 15) is 13.2 Å². The molecule has 0 radical (unpaired) electrons. The molecule has 2 amide bonds. The quantitative estimate of drug-likeness (QED) is 0.278. The zero-order valence-electron chi connectivity index (χ0n) is 24.0. The Kier molecular flexibility index (Phi) is 8.07. The van der Waals surface area contributed by atoms with Crippen LogP contribution in [0.1, 0.15) is 36.2 Å². The van der Waals surface area contributed by atoms with E-state index in [0.717, 1.165) is 11.3 Å². The standard InChI is InChI=1S/C31H34FN5O4S/c1-19(2)18-41-27-10-7-9-21(4)29(27)37-30(22-12-13-26(24(32)16-22)34-31(33)38)23-17-36(15-14-25(23)35-37)42(39,40)28-11-6-5-8-20(28)3/h5-13,16,19H,14-15,17-18H2,1-4H3,(H3,33,34,38). The molecule has 220 valence electrons. The Morgan fingerprint density at radius 3 is 2.52 bits per heavy atom. The van der Waals surface area contributed by atoms with Crippen molar-refractivity contribution in [1.82, 2.24) is 14.1 Å². The Labute approximate surface area is 245 Å². The van der Waals surface area contributed by atoms with Gasteiger partial charge in [-0.3, -0.25) is 0 Å². The van der Waals surface area contributed by atoms with Gasteiger partial charge in [-0.15, -0.1) is 0 Å². The van der Waals surface area contributed by atoms with Crippen LogP contribution in [0.15, 0.2) is 65.6 Å². The van der Waals surface area contributed by atoms with Crippen LogP contribution < -0.4 is 15.8 Å². The van der Waals surface area contributed by atoms with Crippen LogP contribution in [0.2, 0.25) is 0 Å². The lowest BCUT2D eigenvalue weighted by Gasteiger charge is -2.27. The van der Waals surface area contributed by atoms with Gasteiger partial charge in [0.25, 0.3) is 0 Å². The number of ether oxygens (including phenoxy) is 1. The maximum Gasteiger partial charge on any atom is 0.316 e. The van der Waals surface area contributed by atoms with Crippen molar-refractivity contribution in [1.29, 1.82) is 0 Å². The summed E-state index contributed by atoms with van der Waals surface area (Å²) in [4.78, 5) is 11.6. The van der Waals surface area contributed by atoms with E-state index in [0.29, 0.717) is 46.8 Å². The van der Waals surface area contributed by atoms with E-state index in [4.69, 9.17) is 15.6 Å². The number of fused-ring (bicyclic) bond motifs is 1. The molecule has 1 aromatic heterocycles. The highest BCUT2D eigenvalue weighted by atomic mass is 32.2. The van der Waals surface area contributed by atoms with Gasteiger partial charge in [0.15, 0.2) is 0 Å². The van der Waals surface area contributed by atoms with Crippen molar-refractivity contribution in [3.63, 3.8) is 0 Å². The lowest BCUT2D eigenvalue weighted by atomic mass is 10.0. The number of para-hydroxylation sites is 1. The van der Waals surface area contributed by atoms with E-state index in [1.165, 1.54) is 16.4 Å². The minimum Gasteiger partial charge on any atom is -0.491 e. The van der Waals surface area contributed by atoms with Crippen LogP contribution in [-0.2, 0) is 23.0 Å². The number of nitrogens with one attached hydrogen (secondary N) is 1. The topological polar surface area (TPSA) is 120 Å². The van der Waals surface area contributed by atoms with Gasteiger partial charge in [0.1, 0.15) is 17.3 Å². The molecule has 2 heterocycles. The van der Waals surface area contributed by atoms with Gasteiger partial charge >= 0.3 is 6.03 Å². The summed E-state index contributed by atoms with van der Waals surface area (Å²) >= 11 is 0. The van der Waals surface area contributed by atoms with Crippen LogP contribution in [0, 0.1) is 25.6 Å². The van der Waals surface area contributed by atoms with Crippen LogP contribution in [-0.4, -0.2) is 41.7 Å². The summed E-state index contributed by atoms with van der Waals surface area (Å²) in [5.74, 6) is 0.207. The Bertz CT molecular complexity index is 1770. The third-order valence-electron chi connectivity index (χ3n) is 7.20. The van der Waals surface area contributed by atoms with Gasteiger partial charge in [0, 0.05) is 30.6 Å². The maximum atomic E-state index is 15.2. The monoisotopic (exact) mass is 591 g/mol. The number of sulfonamides is 1. The third kappa shape index (κ3) is 5.62. The van der Waals surface area contributed by atoms with Gasteiger partial charge in [-0.05, 0) is 55.2 Å². The lowest BCUT2D eigenvalue weighted by Crippen LogP contribution is -2.36. The molecule has 4 aromatic rings. The van der Waals surface area contributed by atoms with Crippen molar-refractivity contribution in [2.75, 3.05) is 18.5 Å². The minimum atomic E-state index is -3.82. The first-order chi connectivity index (χ1) is 20.0. The number of carbonyl (C=O) groups is 1. The molecular weight excluding hydrogens is 557 g/mol. The number of aromatic nitrogens is 2. The average molecular weight is 592 g/mol. The first-order valence-corrected chi connectivity index (χ1v) is 15.2. The molecule has 1 aliphatic rings. The molecule has 0 spiro atoms. The second kappa shape index (κ2) is 11.6. The average Bonchev–Trinajstić information content (AvgIpc) is 3.31. The van der Waals surface area contributed by atoms with Crippen LogP contribution in [0.3, 0.4) is 0 Å². The van der Waals surface area contributed by atoms with Crippen molar-refractivity contribution < 1.29 is 22.3 Å². The Balaban J connectivity index is 1.69. The van der Waals surface area contributed by atoms with Gasteiger partial charge in [0.05, 0.1) is 28.6 Å². The molecule has 1 aliphatic heterocycles. The molecule has 0 atom stereocenters. The van der Waals surface area contributed by atoms with Crippen LogP contribution in [0.25, 0.3) is 16.9 Å². The molecule has 3 aromatic carbocycles. The number of nitrogens with two attached hydrogens (primary N) is 1. The first kappa shape index (κ1) is 29.3. The highest BCUT2D eigenvalue weighted by Gasteiger charge is 2.34. The molecule has 0 unspecified atom stereocenters. The number of halogens is 1. The lowest BCUT2D eigenvalue weighted by molar-refractivity contribution is 0.259. The van der Waals surface area contributed by atoms with E-state index in [1.54, 1.807) is 41.9 Å². The minimum absolute atomic E-state index is 0.0539. The molecule has 0 bridgehead atoms. The second-order valence-electron chi connectivity index (χ2n) is 10.9. The maximum absolute atomic E-state index is 15.2. The van der Waals surface area contributed by atoms with Gasteiger partial charge in [-0.2, -0.15) is 9.40 Å². The largest absolute Gasteiger partial charge is 0.491 e. The van der Waals surface area contributed by atoms with Crippen molar-refractivity contribution in [2.24, 2.45) is 11.7 Å². The number of amides is 2. The molecular formula is C31H34FN5O4S. The molecule has 0 saturated heterocycles. The number of urea groups is 1. The number of primary amides is 1. The molecule has 11 heteroatoms. The fourth-order valence-corrected chi connectivity index (χ4v) is 6.80. The van der Waals surface area contributed by atoms with Crippen molar-refractivity contribution >= 4 is 21.7 Å². The molecule has 9 nitrogen and oxygen atoms in total. The number of hydrogen-bond acceptors (Lipinski definition) is 5. The summed E-state index contributed by atoms with van der Waals surface area (Å²) in [7, 11) is -3.82. The number of hydrogen-bond donors (Lipinski definition) is 2. The summed E-state index contributed by atoms with van der Waals surface area (Å²) in [6.45, 7) is 8.61. The SMILES string of the molecule is Cc1ccccc1S(=O)(=O)N1CCc2nn(-c3c(C)cccc3OCC(C)C)c(-c3ccc(NC(N)=O)c(F)c3)c2C1. The number of carbonyl (C=O) groups excluding carboxylic acids is 1. The molecule has 3 N–H and O–H groups in total. The van der Waals surface area contributed by atoms with Crippen molar-refractivity contribution in [2.45, 2.75) is 45.6 Å². The van der Waals surface area contributed by atoms with E-state index in [-0.39, 0.29) is 29.6 Å². The summed E-state index contributed by atoms with van der Waals surface area (Å²) in [5.41, 5.74) is 9.78. The Morgan fingerprint density at radius 2 is 1.83 bits per heavy atom.